The maximum atomic E-state index is 14.0. The van der Waals surface area contributed by atoms with Gasteiger partial charge in [0.05, 0.1) is 32.9 Å². The molecule has 3 aromatic carbocycles. The summed E-state index contributed by atoms with van der Waals surface area (Å²) in [4.78, 5) is 28.9. The standard InChI is InChI=1S/C31H24FN3O7S2/c1-39-20-12-9-17(13-22(20)41-3)25-24(26(36)23-14-18-5-4-6-21(40-2)28(18)42-23)27(37)29(38)35(25)30-33-34-31(44-30)43-15-16-7-10-19(32)11-8-16/h4-14,25,37H,15H2,1-3H3. The van der Waals surface area contributed by atoms with E-state index < -0.39 is 23.5 Å². The van der Waals surface area contributed by atoms with Gasteiger partial charge in [0.25, 0.3) is 5.91 Å². The van der Waals surface area contributed by atoms with Gasteiger partial charge in [-0.15, -0.1) is 10.2 Å². The Labute approximate surface area is 258 Å². The van der Waals surface area contributed by atoms with Gasteiger partial charge in [0, 0.05) is 11.1 Å². The van der Waals surface area contributed by atoms with E-state index in [0.717, 1.165) is 16.9 Å². The van der Waals surface area contributed by atoms with Gasteiger partial charge < -0.3 is 23.7 Å². The second-order valence-corrected chi connectivity index (χ2v) is 11.7. The normalized spacial score (nSPS) is 14.9. The highest BCUT2D eigenvalue weighted by atomic mass is 32.2. The first-order chi connectivity index (χ1) is 21.3. The summed E-state index contributed by atoms with van der Waals surface area (Å²) in [6.45, 7) is 0. The minimum absolute atomic E-state index is 0.0843. The number of aliphatic hydroxyl groups excluding tert-OH is 1. The molecule has 1 N–H and O–H groups in total. The Morgan fingerprint density at radius 1 is 1.00 bits per heavy atom. The predicted molar refractivity (Wildman–Crippen MR) is 162 cm³/mol. The van der Waals surface area contributed by atoms with Gasteiger partial charge in [-0.1, -0.05) is 53.4 Å². The fraction of sp³-hybridized carbons (Fsp3) is 0.161. The lowest BCUT2D eigenvalue weighted by Crippen LogP contribution is -2.31. The smallest absolute Gasteiger partial charge is 0.296 e. The third-order valence-electron chi connectivity index (χ3n) is 7.01. The summed E-state index contributed by atoms with van der Waals surface area (Å²) in [5.74, 6) is -0.948. The van der Waals surface area contributed by atoms with Crippen LogP contribution in [0.2, 0.25) is 0 Å². The zero-order valence-corrected chi connectivity index (χ0v) is 25.2. The van der Waals surface area contributed by atoms with E-state index in [4.69, 9.17) is 18.6 Å². The Morgan fingerprint density at radius 3 is 2.48 bits per heavy atom. The number of benzene rings is 3. The second-order valence-electron chi connectivity index (χ2n) is 9.54. The van der Waals surface area contributed by atoms with Crippen molar-refractivity contribution in [2.45, 2.75) is 16.1 Å². The minimum atomic E-state index is -1.10. The minimum Gasteiger partial charge on any atom is -0.503 e. The lowest BCUT2D eigenvalue weighted by molar-refractivity contribution is -0.117. The number of furan rings is 1. The number of hydrogen-bond donors (Lipinski definition) is 1. The highest BCUT2D eigenvalue weighted by Gasteiger charge is 2.47. The highest BCUT2D eigenvalue weighted by molar-refractivity contribution is 8.00. The van der Waals surface area contributed by atoms with Crippen LogP contribution in [-0.2, 0) is 10.5 Å². The van der Waals surface area contributed by atoms with Crippen LogP contribution >= 0.6 is 23.1 Å². The monoisotopic (exact) mass is 633 g/mol. The largest absolute Gasteiger partial charge is 0.503 e. The van der Waals surface area contributed by atoms with Crippen LogP contribution < -0.4 is 19.1 Å². The number of carbonyl (C=O) groups excluding carboxylic acids is 2. The molecule has 0 bridgehead atoms. The van der Waals surface area contributed by atoms with Crippen molar-refractivity contribution < 1.29 is 37.7 Å². The number of fused-ring (bicyclic) bond motifs is 1. The molecule has 1 aliphatic heterocycles. The quantitative estimate of drug-likeness (QED) is 0.103. The zero-order chi connectivity index (χ0) is 31.0. The van der Waals surface area contributed by atoms with Gasteiger partial charge in [-0.2, -0.15) is 0 Å². The maximum Gasteiger partial charge on any atom is 0.296 e. The molecule has 5 aromatic rings. The van der Waals surface area contributed by atoms with Gasteiger partial charge in [-0.05, 0) is 47.5 Å². The molecule has 1 atom stereocenters. The van der Waals surface area contributed by atoms with E-state index in [1.54, 1.807) is 48.5 Å². The summed E-state index contributed by atoms with van der Waals surface area (Å²) < 4.78 is 36.0. The number of nitrogens with zero attached hydrogens (tertiary/aromatic N) is 3. The van der Waals surface area contributed by atoms with Crippen LogP contribution in [0.1, 0.15) is 27.7 Å². The van der Waals surface area contributed by atoms with Crippen LogP contribution in [0.15, 0.2) is 86.8 Å². The van der Waals surface area contributed by atoms with Crippen molar-refractivity contribution in [3.05, 3.63) is 101 Å². The number of thioether (sulfide) groups is 1. The summed E-state index contributed by atoms with van der Waals surface area (Å²) in [5.41, 5.74) is 1.49. The number of carbonyl (C=O) groups is 2. The molecule has 3 heterocycles. The number of para-hydroxylation sites is 1. The molecular formula is C31H24FN3O7S2. The first kappa shape index (κ1) is 29.2. The Kier molecular flexibility index (Phi) is 7.97. The molecule has 0 spiro atoms. The van der Waals surface area contributed by atoms with Crippen molar-refractivity contribution in [1.82, 2.24) is 10.2 Å². The number of ketones is 1. The van der Waals surface area contributed by atoms with Gasteiger partial charge in [-0.25, -0.2) is 4.39 Å². The number of methoxy groups -OCH3 is 3. The Balaban J connectivity index is 1.40. The summed E-state index contributed by atoms with van der Waals surface area (Å²) in [7, 11) is 4.45. The van der Waals surface area contributed by atoms with E-state index in [1.165, 1.54) is 56.2 Å². The molecule has 0 saturated carbocycles. The van der Waals surface area contributed by atoms with E-state index in [2.05, 4.69) is 10.2 Å². The van der Waals surface area contributed by atoms with Crippen LogP contribution in [0, 0.1) is 5.82 Å². The van der Waals surface area contributed by atoms with E-state index in [1.807, 2.05) is 0 Å². The Morgan fingerprint density at radius 2 is 1.75 bits per heavy atom. The number of halogens is 1. The second kappa shape index (κ2) is 12.0. The SMILES string of the molecule is COc1ccc(C2C(C(=O)c3cc4cccc(OC)c4o3)=C(O)C(=O)N2c2nnc(SCc3ccc(F)cc3)s2)cc1OC. The van der Waals surface area contributed by atoms with Crippen molar-refractivity contribution in [2.75, 3.05) is 26.2 Å². The fourth-order valence-corrected chi connectivity index (χ4v) is 6.72. The number of aliphatic hydroxyl groups is 1. The van der Waals surface area contributed by atoms with E-state index in [0.29, 0.717) is 43.9 Å². The van der Waals surface area contributed by atoms with Gasteiger partial charge in [0.1, 0.15) is 5.82 Å². The van der Waals surface area contributed by atoms with E-state index in [-0.39, 0.29) is 22.3 Å². The summed E-state index contributed by atoms with van der Waals surface area (Å²) in [6.07, 6.45) is 0. The van der Waals surface area contributed by atoms with Gasteiger partial charge in [-0.3, -0.25) is 14.5 Å². The Bertz CT molecular complexity index is 1920. The number of rotatable bonds is 10. The number of anilines is 1. The van der Waals surface area contributed by atoms with Crippen molar-refractivity contribution in [2.24, 2.45) is 0 Å². The molecule has 0 fully saturated rings. The predicted octanol–water partition coefficient (Wildman–Crippen LogP) is 6.52. The molecule has 0 radical (unpaired) electrons. The number of hydrogen-bond acceptors (Lipinski definition) is 11. The van der Waals surface area contributed by atoms with Gasteiger partial charge in [0.15, 0.2) is 38.7 Å². The molecule has 13 heteroatoms. The number of aromatic nitrogens is 2. The van der Waals surface area contributed by atoms with Crippen LogP contribution in [-0.4, -0.2) is 48.3 Å². The van der Waals surface area contributed by atoms with Crippen LogP contribution in [0.5, 0.6) is 17.2 Å². The topological polar surface area (TPSA) is 124 Å². The lowest BCUT2D eigenvalue weighted by atomic mass is 9.95. The molecular weight excluding hydrogens is 609 g/mol. The fourth-order valence-electron chi connectivity index (χ4n) is 4.90. The molecule has 224 valence electrons. The van der Waals surface area contributed by atoms with Crippen molar-refractivity contribution >= 4 is 50.9 Å². The Hall–Kier alpha value is -4.88. The third kappa shape index (κ3) is 5.24. The van der Waals surface area contributed by atoms with Gasteiger partial charge in [0.2, 0.25) is 10.9 Å². The molecule has 6 rings (SSSR count). The van der Waals surface area contributed by atoms with Crippen molar-refractivity contribution in [1.29, 1.82) is 0 Å². The molecule has 1 unspecified atom stereocenters. The molecule has 44 heavy (non-hydrogen) atoms. The summed E-state index contributed by atoms with van der Waals surface area (Å²) in [5, 5.41) is 20.4. The molecule has 1 aliphatic rings. The molecule has 0 aliphatic carbocycles. The first-order valence-electron chi connectivity index (χ1n) is 13.1. The molecule has 2 aromatic heterocycles. The molecule has 10 nitrogen and oxygen atoms in total. The number of Topliss-reactive ketones (excluding diaryl/α,β-unsaturated/α-hetero) is 1. The zero-order valence-electron chi connectivity index (χ0n) is 23.6. The average molecular weight is 634 g/mol. The third-order valence-corrected chi connectivity index (χ3v) is 9.13. The van der Waals surface area contributed by atoms with Crippen molar-refractivity contribution in [3.63, 3.8) is 0 Å². The lowest BCUT2D eigenvalue weighted by Gasteiger charge is -2.24. The van der Waals surface area contributed by atoms with E-state index >= 15 is 0 Å². The first-order valence-corrected chi connectivity index (χ1v) is 14.9. The highest BCUT2D eigenvalue weighted by Crippen LogP contribution is 2.46. The van der Waals surface area contributed by atoms with Crippen LogP contribution in [0.4, 0.5) is 9.52 Å². The average Bonchev–Trinajstić information content (AvgIpc) is 3.76. The summed E-state index contributed by atoms with van der Waals surface area (Å²) >= 11 is 2.48. The van der Waals surface area contributed by atoms with Crippen molar-refractivity contribution in [3.8, 4) is 17.2 Å². The van der Waals surface area contributed by atoms with Crippen LogP contribution in [0.3, 0.4) is 0 Å². The van der Waals surface area contributed by atoms with Gasteiger partial charge >= 0.3 is 0 Å². The summed E-state index contributed by atoms with van der Waals surface area (Å²) in [6, 6.07) is 16.7. The maximum absolute atomic E-state index is 14.0. The molecule has 0 saturated heterocycles. The molecule has 1 amide bonds. The number of ether oxygens (including phenoxy) is 3. The van der Waals surface area contributed by atoms with E-state index in [9.17, 15) is 19.1 Å². The van der Waals surface area contributed by atoms with Crippen LogP contribution in [0.25, 0.3) is 11.0 Å². The number of amides is 1.